The summed E-state index contributed by atoms with van der Waals surface area (Å²) in [5, 5.41) is 20.8. The van der Waals surface area contributed by atoms with Crippen LogP contribution in [-0.4, -0.2) is 45.4 Å². The molecule has 30 heavy (non-hydrogen) atoms. The van der Waals surface area contributed by atoms with Crippen LogP contribution in [0.25, 0.3) is 0 Å². The van der Waals surface area contributed by atoms with Crippen LogP contribution in [0.3, 0.4) is 0 Å². The summed E-state index contributed by atoms with van der Waals surface area (Å²) in [7, 11) is 0. The van der Waals surface area contributed by atoms with Crippen LogP contribution in [0.2, 0.25) is 0 Å². The summed E-state index contributed by atoms with van der Waals surface area (Å²) in [5.41, 5.74) is -2.18. The monoisotopic (exact) mass is 416 g/mol. The number of aliphatic hydroxyl groups excluding tert-OH is 1. The zero-order valence-electron chi connectivity index (χ0n) is 17.5. The minimum absolute atomic E-state index is 0.0257. The van der Waals surface area contributed by atoms with E-state index in [0.29, 0.717) is 12.8 Å². The fourth-order valence-electron chi connectivity index (χ4n) is 7.32. The molecule has 4 aliphatic rings. The van der Waals surface area contributed by atoms with E-state index in [-0.39, 0.29) is 36.4 Å². The van der Waals surface area contributed by atoms with E-state index < -0.39 is 40.3 Å². The summed E-state index contributed by atoms with van der Waals surface area (Å²) in [5.74, 6) is -3.66. The molecule has 0 aromatic heterocycles. The number of rotatable bonds is 3. The van der Waals surface area contributed by atoms with Gasteiger partial charge in [-0.25, -0.2) is 4.79 Å². The lowest BCUT2D eigenvalue weighted by atomic mass is 9.46. The van der Waals surface area contributed by atoms with E-state index in [4.69, 9.17) is 4.74 Å². The summed E-state index contributed by atoms with van der Waals surface area (Å²) in [4.78, 5) is 48.3. The van der Waals surface area contributed by atoms with Crippen LogP contribution in [0.15, 0.2) is 23.8 Å². The number of fused-ring (bicyclic) bond motifs is 5. The van der Waals surface area contributed by atoms with Crippen molar-refractivity contribution in [3.05, 3.63) is 23.8 Å². The Bertz CT molecular complexity index is 901. The molecule has 3 fully saturated rings. The SMILES string of the molecule is CC(=O)O[C@]1(C(=O)C(=O)O)CC[C@H]2[C@@H]3CCC4=CC(=O)C=C[C@]4(C)[C@H]3C(O)C[C@@]21C. The molecule has 162 valence electrons. The number of aliphatic hydroxyl groups is 1. The van der Waals surface area contributed by atoms with Crippen LogP contribution in [0, 0.1) is 28.6 Å². The second-order valence-electron chi connectivity index (χ2n) is 9.81. The third-order valence-corrected chi connectivity index (χ3v) is 8.49. The fraction of sp³-hybridized carbons (Fsp3) is 0.652. The van der Waals surface area contributed by atoms with Crippen molar-refractivity contribution in [1.29, 1.82) is 0 Å². The number of allylic oxidation sites excluding steroid dienone is 4. The van der Waals surface area contributed by atoms with E-state index in [1.165, 1.54) is 6.92 Å². The first-order valence-corrected chi connectivity index (χ1v) is 10.6. The number of carbonyl (C=O) groups excluding carboxylic acids is 3. The van der Waals surface area contributed by atoms with Gasteiger partial charge in [0.25, 0.3) is 5.78 Å². The van der Waals surface area contributed by atoms with Gasteiger partial charge in [-0.1, -0.05) is 25.5 Å². The Kier molecular flexibility index (Phi) is 4.62. The highest BCUT2D eigenvalue weighted by molar-refractivity contribution is 6.36. The molecular weight excluding hydrogens is 388 g/mol. The molecule has 7 heteroatoms. The van der Waals surface area contributed by atoms with E-state index >= 15 is 0 Å². The number of ketones is 2. The van der Waals surface area contributed by atoms with E-state index in [0.717, 1.165) is 12.0 Å². The molecular formula is C23H28O7. The van der Waals surface area contributed by atoms with Crippen molar-refractivity contribution < 1.29 is 34.1 Å². The summed E-state index contributed by atoms with van der Waals surface area (Å²) >= 11 is 0. The number of ether oxygens (including phenoxy) is 1. The van der Waals surface area contributed by atoms with E-state index in [1.807, 2.05) is 13.0 Å². The Labute approximate surface area is 175 Å². The first-order valence-electron chi connectivity index (χ1n) is 10.6. The minimum atomic E-state index is -1.77. The van der Waals surface area contributed by atoms with Gasteiger partial charge in [0.2, 0.25) is 0 Å². The first-order chi connectivity index (χ1) is 14.0. The number of Topliss-reactive ketones (excluding diaryl/α,β-unsaturated/α-hetero) is 1. The number of hydrogen-bond donors (Lipinski definition) is 2. The quantitative estimate of drug-likeness (QED) is 0.535. The largest absolute Gasteiger partial charge is 0.475 e. The lowest BCUT2D eigenvalue weighted by Crippen LogP contribution is -2.63. The van der Waals surface area contributed by atoms with Crippen LogP contribution in [0.4, 0.5) is 0 Å². The molecule has 3 saturated carbocycles. The summed E-state index contributed by atoms with van der Waals surface area (Å²) in [6.45, 7) is 5.02. The Hall–Kier alpha value is -2.28. The molecule has 0 heterocycles. The minimum Gasteiger partial charge on any atom is -0.475 e. The number of carboxylic acids is 1. The summed E-state index contributed by atoms with van der Waals surface area (Å²) in [6.07, 6.45) is 6.59. The van der Waals surface area contributed by atoms with Crippen LogP contribution in [0.5, 0.6) is 0 Å². The van der Waals surface area contributed by atoms with E-state index in [9.17, 15) is 29.4 Å². The van der Waals surface area contributed by atoms with Gasteiger partial charge in [0.05, 0.1) is 6.10 Å². The van der Waals surface area contributed by atoms with Gasteiger partial charge >= 0.3 is 11.9 Å². The molecule has 7 nitrogen and oxygen atoms in total. The standard InChI is InChI=1S/C23H28O7/c1-12(24)30-23(19(27)20(28)29)9-7-16-15-5-4-13-10-14(25)6-8-21(13,2)18(15)17(26)11-22(16,23)3/h6,8,10,15-18,26H,4-5,7,9,11H2,1-3H3,(H,28,29)/t15-,16-,17?,18+,21-,22-,23-/m0/s1. The molecule has 0 aromatic carbocycles. The van der Waals surface area contributed by atoms with Crippen molar-refractivity contribution in [2.45, 2.75) is 64.6 Å². The molecule has 0 spiro atoms. The Morgan fingerprint density at radius 1 is 1.20 bits per heavy atom. The highest BCUT2D eigenvalue weighted by Crippen LogP contribution is 2.67. The van der Waals surface area contributed by atoms with E-state index in [2.05, 4.69) is 0 Å². The highest BCUT2D eigenvalue weighted by atomic mass is 16.6. The van der Waals surface area contributed by atoms with Crippen molar-refractivity contribution in [3.63, 3.8) is 0 Å². The zero-order valence-corrected chi connectivity index (χ0v) is 17.5. The average Bonchev–Trinajstić information content (AvgIpc) is 2.93. The van der Waals surface area contributed by atoms with Crippen LogP contribution in [-0.2, 0) is 23.9 Å². The van der Waals surface area contributed by atoms with Gasteiger partial charge in [0, 0.05) is 23.7 Å². The van der Waals surface area contributed by atoms with Gasteiger partial charge in [-0.2, -0.15) is 0 Å². The fourth-order valence-corrected chi connectivity index (χ4v) is 7.32. The van der Waals surface area contributed by atoms with E-state index in [1.54, 1.807) is 19.1 Å². The maximum atomic E-state index is 12.8. The van der Waals surface area contributed by atoms with Gasteiger partial charge in [0.15, 0.2) is 11.4 Å². The first kappa shape index (κ1) is 21.0. The van der Waals surface area contributed by atoms with Gasteiger partial charge in [0.1, 0.15) is 0 Å². The molecule has 0 radical (unpaired) electrons. The van der Waals surface area contributed by atoms with Crippen molar-refractivity contribution >= 4 is 23.5 Å². The maximum absolute atomic E-state index is 12.8. The topological polar surface area (TPSA) is 118 Å². The predicted octanol–water partition coefficient (Wildman–Crippen LogP) is 2.22. The summed E-state index contributed by atoms with van der Waals surface area (Å²) < 4.78 is 5.52. The molecule has 7 atom stereocenters. The van der Waals surface area contributed by atoms with Gasteiger partial charge in [-0.3, -0.25) is 14.4 Å². The second-order valence-corrected chi connectivity index (χ2v) is 9.81. The van der Waals surface area contributed by atoms with Crippen molar-refractivity contribution in [2.75, 3.05) is 0 Å². The molecule has 1 unspecified atom stereocenters. The molecule has 0 aromatic rings. The normalized spacial score (nSPS) is 44.4. The molecule has 0 bridgehead atoms. The molecule has 0 aliphatic heterocycles. The number of aliphatic carboxylic acids is 1. The van der Waals surface area contributed by atoms with Crippen LogP contribution >= 0.6 is 0 Å². The lowest BCUT2D eigenvalue weighted by Gasteiger charge is -2.59. The van der Waals surface area contributed by atoms with Crippen LogP contribution < -0.4 is 0 Å². The maximum Gasteiger partial charge on any atom is 0.376 e. The van der Waals surface area contributed by atoms with Gasteiger partial charge in [-0.15, -0.1) is 0 Å². The highest BCUT2D eigenvalue weighted by Gasteiger charge is 2.71. The third-order valence-electron chi connectivity index (χ3n) is 8.49. The number of esters is 1. The second kappa shape index (κ2) is 6.61. The summed E-state index contributed by atoms with van der Waals surface area (Å²) in [6, 6.07) is 0. The van der Waals surface area contributed by atoms with Crippen molar-refractivity contribution in [2.24, 2.45) is 28.6 Å². The molecule has 0 amide bonds. The van der Waals surface area contributed by atoms with Gasteiger partial charge in [-0.05, 0) is 56.1 Å². The smallest absolute Gasteiger partial charge is 0.376 e. The zero-order chi connectivity index (χ0) is 22.1. The predicted molar refractivity (Wildman–Crippen MR) is 105 cm³/mol. The third kappa shape index (κ3) is 2.60. The van der Waals surface area contributed by atoms with Crippen LogP contribution in [0.1, 0.15) is 52.9 Å². The molecule has 0 saturated heterocycles. The van der Waals surface area contributed by atoms with Crippen molar-refractivity contribution in [1.82, 2.24) is 0 Å². The Morgan fingerprint density at radius 3 is 2.53 bits per heavy atom. The number of carboxylic acid groups (broad SMARTS) is 1. The average molecular weight is 416 g/mol. The van der Waals surface area contributed by atoms with Crippen molar-refractivity contribution in [3.8, 4) is 0 Å². The lowest BCUT2D eigenvalue weighted by molar-refractivity contribution is -0.200. The Balaban J connectivity index is 1.78. The molecule has 4 aliphatic carbocycles. The Morgan fingerprint density at radius 2 is 1.90 bits per heavy atom. The molecule has 2 N–H and O–H groups in total. The molecule has 4 rings (SSSR count). The van der Waals surface area contributed by atoms with Gasteiger partial charge < -0.3 is 14.9 Å². The number of hydrogen-bond acceptors (Lipinski definition) is 6. The number of carbonyl (C=O) groups is 4.